The first-order valence-electron chi connectivity index (χ1n) is 6.67. The van der Waals surface area contributed by atoms with Crippen LogP contribution in [0.15, 0.2) is 12.3 Å². The van der Waals surface area contributed by atoms with Gasteiger partial charge in [-0.2, -0.15) is 13.2 Å². The Hall–Kier alpha value is -2.23. The highest BCUT2D eigenvalue weighted by atomic mass is 35.5. The number of aromatic nitrogens is 1. The third-order valence-corrected chi connectivity index (χ3v) is 3.03. The zero-order valence-corrected chi connectivity index (χ0v) is 13.3. The largest absolute Gasteiger partial charge is 0.481 e. The Morgan fingerprint density at radius 2 is 2.12 bits per heavy atom. The summed E-state index contributed by atoms with van der Waals surface area (Å²) in [5, 5.41) is 10.7. The van der Waals surface area contributed by atoms with E-state index in [9.17, 15) is 22.8 Å². The Morgan fingerprint density at radius 1 is 1.46 bits per heavy atom. The highest BCUT2D eigenvalue weighted by Gasteiger charge is 2.31. The van der Waals surface area contributed by atoms with Crippen molar-refractivity contribution in [1.29, 1.82) is 0 Å². The number of pyridine rings is 1. The van der Waals surface area contributed by atoms with Gasteiger partial charge >= 0.3 is 18.2 Å². The topological polar surface area (TPSA) is 91.8 Å². The van der Waals surface area contributed by atoms with Gasteiger partial charge in [0.05, 0.1) is 18.5 Å². The van der Waals surface area contributed by atoms with Gasteiger partial charge in [-0.05, 0) is 6.07 Å². The second kappa shape index (κ2) is 8.57. The summed E-state index contributed by atoms with van der Waals surface area (Å²) in [6.45, 7) is 0.000181. The Bertz CT molecular complexity index is 598. The van der Waals surface area contributed by atoms with E-state index in [1.54, 1.807) is 0 Å². The predicted octanol–water partition coefficient (Wildman–Crippen LogP) is 2.25. The van der Waals surface area contributed by atoms with E-state index in [1.807, 2.05) is 0 Å². The summed E-state index contributed by atoms with van der Waals surface area (Å²) in [6, 6.07) is 0.189. The summed E-state index contributed by atoms with van der Waals surface area (Å²) in [7, 11) is 1.42. The van der Waals surface area contributed by atoms with Crippen molar-refractivity contribution in [2.75, 3.05) is 26.7 Å². The molecule has 0 aliphatic rings. The van der Waals surface area contributed by atoms with Gasteiger partial charge in [-0.1, -0.05) is 11.6 Å². The molecule has 0 aromatic carbocycles. The zero-order chi connectivity index (χ0) is 18.3. The number of halogens is 4. The molecule has 1 aromatic heterocycles. The number of nitrogens with one attached hydrogen (secondary N) is 1. The molecule has 0 aliphatic carbocycles. The molecule has 134 valence electrons. The van der Waals surface area contributed by atoms with Gasteiger partial charge in [0.2, 0.25) is 5.88 Å². The molecule has 0 saturated heterocycles. The average molecular weight is 370 g/mol. The molecule has 1 aromatic rings. The van der Waals surface area contributed by atoms with Gasteiger partial charge in [-0.25, -0.2) is 9.78 Å². The Labute approximate surface area is 140 Å². The summed E-state index contributed by atoms with van der Waals surface area (Å²) in [5.41, 5.74) is -0.992. The summed E-state index contributed by atoms with van der Waals surface area (Å²) in [6.07, 6.45) is -4.14. The van der Waals surface area contributed by atoms with E-state index in [0.717, 1.165) is 0 Å². The maximum atomic E-state index is 12.5. The lowest BCUT2D eigenvalue weighted by Gasteiger charge is -2.17. The normalized spacial score (nSPS) is 11.0. The molecule has 1 rings (SSSR count). The van der Waals surface area contributed by atoms with Gasteiger partial charge in [0.1, 0.15) is 11.6 Å². The molecule has 11 heteroatoms. The van der Waals surface area contributed by atoms with Crippen molar-refractivity contribution in [1.82, 2.24) is 15.2 Å². The van der Waals surface area contributed by atoms with Crippen LogP contribution in [-0.4, -0.2) is 53.7 Å². The first kappa shape index (κ1) is 19.8. The molecule has 0 radical (unpaired) electrons. The van der Waals surface area contributed by atoms with E-state index in [0.29, 0.717) is 12.3 Å². The van der Waals surface area contributed by atoms with Gasteiger partial charge in [-0.15, -0.1) is 0 Å². The quantitative estimate of drug-likeness (QED) is 0.719. The lowest BCUT2D eigenvalue weighted by atomic mass is 10.3. The number of urea groups is 1. The molecule has 0 fully saturated rings. The molecule has 7 nitrogen and oxygen atoms in total. The van der Waals surface area contributed by atoms with E-state index in [1.165, 1.54) is 11.9 Å². The average Bonchev–Trinajstić information content (AvgIpc) is 2.48. The van der Waals surface area contributed by atoms with Crippen molar-refractivity contribution in [2.24, 2.45) is 0 Å². The first-order chi connectivity index (χ1) is 11.1. The maximum absolute atomic E-state index is 12.5. The minimum Gasteiger partial charge on any atom is -0.481 e. The highest BCUT2D eigenvalue weighted by Crippen LogP contribution is 2.32. The smallest absolute Gasteiger partial charge is 0.417 e. The van der Waals surface area contributed by atoms with Gasteiger partial charge in [-0.3, -0.25) is 4.79 Å². The van der Waals surface area contributed by atoms with Crippen LogP contribution in [0.3, 0.4) is 0 Å². The second-order valence-electron chi connectivity index (χ2n) is 4.65. The molecule has 2 amide bonds. The number of ether oxygens (including phenoxy) is 1. The zero-order valence-electron chi connectivity index (χ0n) is 12.6. The lowest BCUT2D eigenvalue weighted by molar-refractivity contribution is -0.138. The van der Waals surface area contributed by atoms with E-state index < -0.39 is 23.7 Å². The standard InChI is InChI=1S/C13H15ClF3N3O4/c1-20(4-2-10(21)22)12(23)18-3-5-24-11-9(14)6-8(7-19-11)13(15,16)17/h6-7H,2-5H2,1H3,(H,18,23)(H,21,22). The Kier molecular flexibility index (Phi) is 7.08. The van der Waals surface area contributed by atoms with Crippen LogP contribution in [0.1, 0.15) is 12.0 Å². The third kappa shape index (κ3) is 6.49. The number of aliphatic carboxylic acids is 1. The summed E-state index contributed by atoms with van der Waals surface area (Å²) in [4.78, 5) is 26.6. The molecule has 24 heavy (non-hydrogen) atoms. The molecule has 0 atom stereocenters. The number of hydrogen-bond acceptors (Lipinski definition) is 4. The Balaban J connectivity index is 2.40. The molecule has 0 aliphatic heterocycles. The van der Waals surface area contributed by atoms with Gasteiger partial charge in [0, 0.05) is 19.8 Å². The SMILES string of the molecule is CN(CCC(=O)O)C(=O)NCCOc1ncc(C(F)(F)F)cc1Cl. The number of amides is 2. The number of carboxylic acids is 1. The molecule has 0 unspecified atom stereocenters. The molecule has 0 bridgehead atoms. The van der Waals surface area contributed by atoms with Crippen LogP contribution in [0, 0.1) is 0 Å². The van der Waals surface area contributed by atoms with Crippen molar-refractivity contribution in [3.05, 3.63) is 22.8 Å². The number of alkyl halides is 3. The van der Waals surface area contributed by atoms with E-state index >= 15 is 0 Å². The summed E-state index contributed by atoms with van der Waals surface area (Å²) >= 11 is 5.66. The minimum atomic E-state index is -4.55. The Morgan fingerprint density at radius 3 is 2.67 bits per heavy atom. The van der Waals surface area contributed by atoms with Crippen LogP contribution in [-0.2, 0) is 11.0 Å². The second-order valence-corrected chi connectivity index (χ2v) is 5.06. The fraction of sp³-hybridized carbons (Fsp3) is 0.462. The monoisotopic (exact) mass is 369 g/mol. The first-order valence-corrected chi connectivity index (χ1v) is 7.05. The van der Waals surface area contributed by atoms with Crippen molar-refractivity contribution >= 4 is 23.6 Å². The van der Waals surface area contributed by atoms with Crippen LogP contribution in [0.2, 0.25) is 5.02 Å². The van der Waals surface area contributed by atoms with Crippen LogP contribution < -0.4 is 10.1 Å². The van der Waals surface area contributed by atoms with Crippen LogP contribution in [0.4, 0.5) is 18.0 Å². The number of carboxylic acid groups (broad SMARTS) is 1. The number of nitrogens with zero attached hydrogens (tertiary/aromatic N) is 2. The molecule has 1 heterocycles. The summed E-state index contributed by atoms with van der Waals surface area (Å²) in [5.74, 6) is -1.21. The van der Waals surface area contributed by atoms with Crippen molar-refractivity contribution in [3.8, 4) is 5.88 Å². The number of rotatable bonds is 7. The van der Waals surface area contributed by atoms with E-state index in [4.69, 9.17) is 21.4 Å². The van der Waals surface area contributed by atoms with Crippen molar-refractivity contribution in [2.45, 2.75) is 12.6 Å². The maximum Gasteiger partial charge on any atom is 0.417 e. The predicted molar refractivity (Wildman–Crippen MR) is 78.0 cm³/mol. The van der Waals surface area contributed by atoms with Crippen LogP contribution in [0.5, 0.6) is 5.88 Å². The summed E-state index contributed by atoms with van der Waals surface area (Å²) < 4.78 is 42.5. The van der Waals surface area contributed by atoms with Gasteiger partial charge in [0.25, 0.3) is 0 Å². The number of carbonyl (C=O) groups excluding carboxylic acids is 1. The fourth-order valence-electron chi connectivity index (χ4n) is 1.49. The van der Waals surface area contributed by atoms with E-state index in [2.05, 4.69) is 10.3 Å². The minimum absolute atomic E-state index is 0.0360. The van der Waals surface area contributed by atoms with Gasteiger partial charge in [0.15, 0.2) is 0 Å². The molecule has 2 N–H and O–H groups in total. The number of hydrogen-bond donors (Lipinski definition) is 2. The molecular formula is C13H15ClF3N3O4. The molecule has 0 spiro atoms. The highest BCUT2D eigenvalue weighted by molar-refractivity contribution is 6.31. The van der Waals surface area contributed by atoms with Crippen molar-refractivity contribution in [3.63, 3.8) is 0 Å². The van der Waals surface area contributed by atoms with E-state index in [-0.39, 0.29) is 37.0 Å². The molecule has 0 saturated carbocycles. The third-order valence-electron chi connectivity index (χ3n) is 2.76. The van der Waals surface area contributed by atoms with Crippen LogP contribution >= 0.6 is 11.6 Å². The molecular weight excluding hydrogens is 355 g/mol. The van der Waals surface area contributed by atoms with Gasteiger partial charge < -0.3 is 20.1 Å². The lowest BCUT2D eigenvalue weighted by Crippen LogP contribution is -2.40. The fourth-order valence-corrected chi connectivity index (χ4v) is 1.71. The van der Waals surface area contributed by atoms with Crippen LogP contribution in [0.25, 0.3) is 0 Å². The number of carbonyl (C=O) groups is 2. The van der Waals surface area contributed by atoms with Crippen molar-refractivity contribution < 1.29 is 32.6 Å².